The Hall–Kier alpha value is -3.15. The molecule has 3 heterocycles. The van der Waals surface area contributed by atoms with Crippen molar-refractivity contribution in [2.24, 2.45) is 0 Å². The molecule has 0 N–H and O–H groups in total. The molecule has 1 aliphatic heterocycles. The zero-order chi connectivity index (χ0) is 20.2. The van der Waals surface area contributed by atoms with Crippen LogP contribution < -0.4 is 14.4 Å². The van der Waals surface area contributed by atoms with Crippen molar-refractivity contribution in [2.45, 2.75) is 32.2 Å². The molecule has 0 spiro atoms. The van der Waals surface area contributed by atoms with Crippen molar-refractivity contribution in [1.82, 2.24) is 15.0 Å². The zero-order valence-electron chi connectivity index (χ0n) is 17.1. The number of aryl methyl sites for hydroxylation is 1. The van der Waals surface area contributed by atoms with Gasteiger partial charge in [0, 0.05) is 30.1 Å². The van der Waals surface area contributed by atoms with Gasteiger partial charge in [-0.3, -0.25) is 4.98 Å². The monoisotopic (exact) mass is 390 g/mol. The van der Waals surface area contributed by atoms with Gasteiger partial charge in [0.15, 0.2) is 5.82 Å². The smallest absolute Gasteiger partial charge is 0.180 e. The first-order valence-corrected chi connectivity index (χ1v) is 10.0. The van der Waals surface area contributed by atoms with E-state index in [1.54, 1.807) is 20.4 Å². The van der Waals surface area contributed by atoms with Gasteiger partial charge in [-0.25, -0.2) is 9.97 Å². The molecule has 1 unspecified atom stereocenters. The molecule has 150 valence electrons. The van der Waals surface area contributed by atoms with Gasteiger partial charge in [0.05, 0.1) is 20.3 Å². The standard InChI is InChI=1S/C23H26N4O2/c1-4-16-14-22(26-23(25-16)19-8-5-6-12-24-19)27-13-7-9-20(27)18-15-17(28-2)10-11-21(18)29-3/h5-6,8,10-12,14-15,20H,4,7,9,13H2,1-3H3. The average molecular weight is 390 g/mol. The number of nitrogens with zero attached hydrogens (tertiary/aromatic N) is 4. The zero-order valence-corrected chi connectivity index (χ0v) is 17.1. The lowest BCUT2D eigenvalue weighted by atomic mass is 10.0. The summed E-state index contributed by atoms with van der Waals surface area (Å²) in [6.45, 7) is 3.05. The molecular formula is C23H26N4O2. The van der Waals surface area contributed by atoms with Gasteiger partial charge in [0.1, 0.15) is 23.0 Å². The van der Waals surface area contributed by atoms with E-state index < -0.39 is 0 Å². The predicted molar refractivity (Wildman–Crippen MR) is 114 cm³/mol. The molecule has 0 aliphatic carbocycles. The molecule has 6 nitrogen and oxygen atoms in total. The van der Waals surface area contributed by atoms with Gasteiger partial charge in [-0.1, -0.05) is 13.0 Å². The minimum atomic E-state index is 0.177. The van der Waals surface area contributed by atoms with Crippen molar-refractivity contribution in [2.75, 3.05) is 25.7 Å². The second kappa shape index (κ2) is 8.47. The summed E-state index contributed by atoms with van der Waals surface area (Å²) in [4.78, 5) is 16.4. The van der Waals surface area contributed by atoms with Crippen LogP contribution in [0.2, 0.25) is 0 Å². The molecule has 1 aromatic carbocycles. The van der Waals surface area contributed by atoms with Crippen LogP contribution in [0.1, 0.15) is 37.1 Å². The first kappa shape index (κ1) is 19.2. The summed E-state index contributed by atoms with van der Waals surface area (Å²) in [5, 5.41) is 0. The molecule has 1 fully saturated rings. The summed E-state index contributed by atoms with van der Waals surface area (Å²) >= 11 is 0. The number of pyridine rings is 1. The second-order valence-corrected chi connectivity index (χ2v) is 7.07. The lowest BCUT2D eigenvalue weighted by Gasteiger charge is -2.28. The van der Waals surface area contributed by atoms with E-state index >= 15 is 0 Å². The number of hydrogen-bond acceptors (Lipinski definition) is 6. The molecule has 0 radical (unpaired) electrons. The van der Waals surface area contributed by atoms with Crippen LogP contribution in [0.4, 0.5) is 5.82 Å². The Morgan fingerprint density at radius 2 is 1.97 bits per heavy atom. The van der Waals surface area contributed by atoms with Crippen molar-refractivity contribution in [3.63, 3.8) is 0 Å². The van der Waals surface area contributed by atoms with Crippen LogP contribution in [0.5, 0.6) is 11.5 Å². The summed E-state index contributed by atoms with van der Waals surface area (Å²) in [5.41, 5.74) is 2.93. The molecule has 0 bridgehead atoms. The Morgan fingerprint density at radius 1 is 1.07 bits per heavy atom. The Morgan fingerprint density at radius 3 is 2.69 bits per heavy atom. The fourth-order valence-electron chi connectivity index (χ4n) is 3.89. The van der Waals surface area contributed by atoms with Crippen LogP contribution in [-0.2, 0) is 6.42 Å². The molecule has 2 aromatic heterocycles. The number of benzene rings is 1. The number of anilines is 1. The van der Waals surface area contributed by atoms with Crippen molar-refractivity contribution < 1.29 is 9.47 Å². The minimum Gasteiger partial charge on any atom is -0.497 e. The quantitative estimate of drug-likeness (QED) is 0.619. The van der Waals surface area contributed by atoms with Gasteiger partial charge in [0.25, 0.3) is 0 Å². The van der Waals surface area contributed by atoms with Gasteiger partial charge >= 0.3 is 0 Å². The number of hydrogen-bond donors (Lipinski definition) is 0. The summed E-state index contributed by atoms with van der Waals surface area (Å²) in [6, 6.07) is 14.1. The molecular weight excluding hydrogens is 364 g/mol. The van der Waals surface area contributed by atoms with Crippen molar-refractivity contribution in [3.8, 4) is 23.0 Å². The van der Waals surface area contributed by atoms with Crippen LogP contribution in [-0.4, -0.2) is 35.7 Å². The summed E-state index contributed by atoms with van der Waals surface area (Å²) in [7, 11) is 3.40. The van der Waals surface area contributed by atoms with Crippen LogP contribution >= 0.6 is 0 Å². The van der Waals surface area contributed by atoms with Crippen LogP contribution in [0, 0.1) is 0 Å². The predicted octanol–water partition coefficient (Wildman–Crippen LogP) is 4.46. The van der Waals surface area contributed by atoms with E-state index in [0.29, 0.717) is 5.82 Å². The normalized spacial score (nSPS) is 16.1. The highest BCUT2D eigenvalue weighted by molar-refractivity contribution is 5.56. The highest BCUT2D eigenvalue weighted by Gasteiger charge is 2.30. The van der Waals surface area contributed by atoms with Crippen molar-refractivity contribution in [3.05, 3.63) is 59.9 Å². The SMILES string of the molecule is CCc1cc(N2CCCC2c2cc(OC)ccc2OC)nc(-c2ccccn2)n1. The van der Waals surface area contributed by atoms with Gasteiger partial charge in [0.2, 0.25) is 0 Å². The molecule has 0 saturated carbocycles. The Labute approximate surface area is 171 Å². The first-order valence-electron chi connectivity index (χ1n) is 10.0. The van der Waals surface area contributed by atoms with Crippen molar-refractivity contribution in [1.29, 1.82) is 0 Å². The first-order chi connectivity index (χ1) is 14.2. The molecule has 6 heteroatoms. The summed E-state index contributed by atoms with van der Waals surface area (Å²) in [5.74, 6) is 3.31. The molecule has 0 amide bonds. The van der Waals surface area contributed by atoms with E-state index in [1.807, 2.05) is 30.3 Å². The van der Waals surface area contributed by atoms with E-state index in [0.717, 1.165) is 60.1 Å². The Kier molecular flexibility index (Phi) is 5.60. The van der Waals surface area contributed by atoms with E-state index in [9.17, 15) is 0 Å². The largest absolute Gasteiger partial charge is 0.497 e. The maximum atomic E-state index is 5.65. The molecule has 1 saturated heterocycles. The number of rotatable bonds is 6. The van der Waals surface area contributed by atoms with Gasteiger partial charge in [-0.15, -0.1) is 0 Å². The fourth-order valence-corrected chi connectivity index (χ4v) is 3.89. The van der Waals surface area contributed by atoms with Crippen LogP contribution in [0.25, 0.3) is 11.5 Å². The van der Waals surface area contributed by atoms with Gasteiger partial charge in [-0.05, 0) is 49.6 Å². The summed E-state index contributed by atoms with van der Waals surface area (Å²) < 4.78 is 11.1. The Balaban J connectivity index is 1.76. The third-order valence-electron chi connectivity index (χ3n) is 5.36. The molecule has 3 aromatic rings. The van der Waals surface area contributed by atoms with E-state index in [1.165, 1.54) is 0 Å². The maximum absolute atomic E-state index is 5.65. The van der Waals surface area contributed by atoms with Crippen molar-refractivity contribution >= 4 is 5.82 Å². The van der Waals surface area contributed by atoms with E-state index in [-0.39, 0.29) is 6.04 Å². The third-order valence-corrected chi connectivity index (χ3v) is 5.36. The average Bonchev–Trinajstić information content (AvgIpc) is 3.28. The minimum absolute atomic E-state index is 0.177. The number of methoxy groups -OCH3 is 2. The highest BCUT2D eigenvalue weighted by atomic mass is 16.5. The van der Waals surface area contributed by atoms with Gasteiger partial charge < -0.3 is 14.4 Å². The fraction of sp³-hybridized carbons (Fsp3) is 0.348. The highest BCUT2D eigenvalue weighted by Crippen LogP contribution is 2.41. The second-order valence-electron chi connectivity index (χ2n) is 7.07. The topological polar surface area (TPSA) is 60.4 Å². The maximum Gasteiger partial charge on any atom is 0.180 e. The van der Waals surface area contributed by atoms with E-state index in [2.05, 4.69) is 28.9 Å². The van der Waals surface area contributed by atoms with Gasteiger partial charge in [-0.2, -0.15) is 0 Å². The Bertz CT molecular complexity index is 978. The molecule has 1 atom stereocenters. The lowest BCUT2D eigenvalue weighted by molar-refractivity contribution is 0.395. The van der Waals surface area contributed by atoms with Crippen LogP contribution in [0.15, 0.2) is 48.7 Å². The molecule has 1 aliphatic rings. The van der Waals surface area contributed by atoms with Crippen LogP contribution in [0.3, 0.4) is 0 Å². The summed E-state index contributed by atoms with van der Waals surface area (Å²) in [6.07, 6.45) is 4.75. The molecule has 4 rings (SSSR count). The lowest BCUT2D eigenvalue weighted by Crippen LogP contribution is -2.24. The number of aromatic nitrogens is 3. The third kappa shape index (κ3) is 3.88. The van der Waals surface area contributed by atoms with E-state index in [4.69, 9.17) is 19.4 Å². The molecule has 29 heavy (non-hydrogen) atoms. The number of ether oxygens (including phenoxy) is 2.